The third-order valence-corrected chi connectivity index (χ3v) is 2.81. The maximum atomic E-state index is 6.32. The quantitative estimate of drug-likeness (QED) is 0.874. The minimum Gasteiger partial charge on any atom is -0.376 e. The van der Waals surface area contributed by atoms with Gasteiger partial charge in [-0.3, -0.25) is 4.98 Å². The maximum Gasteiger partial charge on any atom is 0.0816 e. The lowest BCUT2D eigenvalue weighted by Crippen LogP contribution is -2.39. The van der Waals surface area contributed by atoms with Crippen LogP contribution >= 0.6 is 0 Å². The summed E-state index contributed by atoms with van der Waals surface area (Å²) in [6.07, 6.45) is 3.66. The van der Waals surface area contributed by atoms with Gasteiger partial charge in [0, 0.05) is 19.0 Å². The SMILES string of the molecule is CCOC(C(N)c1cncc(C)c1)C(C)(C)C. The van der Waals surface area contributed by atoms with Crippen molar-refractivity contribution >= 4 is 0 Å². The fourth-order valence-corrected chi connectivity index (χ4v) is 2.01. The van der Waals surface area contributed by atoms with E-state index in [1.54, 1.807) is 0 Å². The Kier molecular flexibility index (Phi) is 4.66. The molecule has 3 nitrogen and oxygen atoms in total. The highest BCUT2D eigenvalue weighted by Gasteiger charge is 2.31. The molecular weight excluding hydrogens is 212 g/mol. The number of ether oxygens (including phenoxy) is 1. The van der Waals surface area contributed by atoms with Crippen LogP contribution in [0.2, 0.25) is 0 Å². The zero-order valence-corrected chi connectivity index (χ0v) is 11.5. The predicted molar refractivity (Wildman–Crippen MR) is 70.8 cm³/mol. The highest BCUT2D eigenvalue weighted by atomic mass is 16.5. The van der Waals surface area contributed by atoms with Crippen molar-refractivity contribution in [1.82, 2.24) is 4.98 Å². The van der Waals surface area contributed by atoms with Crippen molar-refractivity contribution in [3.8, 4) is 0 Å². The lowest BCUT2D eigenvalue weighted by molar-refractivity contribution is -0.0283. The van der Waals surface area contributed by atoms with Crippen molar-refractivity contribution in [2.75, 3.05) is 6.61 Å². The molecular formula is C14H24N2O. The van der Waals surface area contributed by atoms with Crippen molar-refractivity contribution < 1.29 is 4.74 Å². The first-order valence-electron chi connectivity index (χ1n) is 6.15. The van der Waals surface area contributed by atoms with Gasteiger partial charge in [0.25, 0.3) is 0 Å². The standard InChI is InChI=1S/C14H24N2O/c1-6-17-13(14(3,4)5)12(15)11-7-10(2)8-16-9-11/h7-9,12-13H,6,15H2,1-5H3. The molecule has 0 saturated carbocycles. The van der Waals surface area contributed by atoms with Crippen LogP contribution in [0, 0.1) is 12.3 Å². The van der Waals surface area contributed by atoms with Crippen LogP contribution in [0.5, 0.6) is 0 Å². The van der Waals surface area contributed by atoms with Crippen LogP contribution in [0.15, 0.2) is 18.5 Å². The number of hydrogen-bond acceptors (Lipinski definition) is 3. The number of aryl methyl sites for hydroxylation is 1. The third-order valence-electron chi connectivity index (χ3n) is 2.81. The topological polar surface area (TPSA) is 48.1 Å². The summed E-state index contributed by atoms with van der Waals surface area (Å²) in [7, 11) is 0. The van der Waals surface area contributed by atoms with Crippen LogP contribution in [-0.2, 0) is 4.74 Å². The van der Waals surface area contributed by atoms with Gasteiger partial charge in [0.1, 0.15) is 0 Å². The molecule has 0 fully saturated rings. The molecule has 0 amide bonds. The zero-order valence-electron chi connectivity index (χ0n) is 11.5. The molecule has 96 valence electrons. The van der Waals surface area contributed by atoms with Crippen LogP contribution < -0.4 is 5.73 Å². The number of nitrogens with two attached hydrogens (primary N) is 1. The molecule has 1 aromatic rings. The predicted octanol–water partition coefficient (Wildman–Crippen LogP) is 2.84. The first-order chi connectivity index (χ1) is 7.86. The van der Waals surface area contributed by atoms with E-state index >= 15 is 0 Å². The molecule has 0 aliphatic carbocycles. The smallest absolute Gasteiger partial charge is 0.0816 e. The molecule has 2 N–H and O–H groups in total. The number of nitrogens with zero attached hydrogens (tertiary/aromatic N) is 1. The molecule has 0 aliphatic rings. The van der Waals surface area contributed by atoms with Crippen molar-refractivity contribution in [1.29, 1.82) is 0 Å². The van der Waals surface area contributed by atoms with Gasteiger partial charge < -0.3 is 10.5 Å². The number of aromatic nitrogens is 1. The monoisotopic (exact) mass is 236 g/mol. The summed E-state index contributed by atoms with van der Waals surface area (Å²) in [5.41, 5.74) is 8.50. The van der Waals surface area contributed by atoms with Crippen molar-refractivity contribution in [2.24, 2.45) is 11.1 Å². The van der Waals surface area contributed by atoms with E-state index in [1.807, 2.05) is 26.2 Å². The van der Waals surface area contributed by atoms with Gasteiger partial charge in [-0.25, -0.2) is 0 Å². The van der Waals surface area contributed by atoms with Crippen molar-refractivity contribution in [3.05, 3.63) is 29.6 Å². The Bertz CT molecular complexity index is 357. The third kappa shape index (κ3) is 3.79. The molecule has 3 heteroatoms. The van der Waals surface area contributed by atoms with Crippen LogP contribution in [0.1, 0.15) is 44.9 Å². The van der Waals surface area contributed by atoms with Gasteiger partial charge in [0.15, 0.2) is 0 Å². The maximum absolute atomic E-state index is 6.32. The molecule has 0 aliphatic heterocycles. The van der Waals surface area contributed by atoms with Gasteiger partial charge in [-0.2, -0.15) is 0 Å². The molecule has 0 bridgehead atoms. The first kappa shape index (κ1) is 14.1. The van der Waals surface area contributed by atoms with Gasteiger partial charge in [-0.1, -0.05) is 26.8 Å². The molecule has 0 saturated heterocycles. The van der Waals surface area contributed by atoms with Crippen LogP contribution in [0.4, 0.5) is 0 Å². The Labute approximate surface area is 104 Å². The summed E-state index contributed by atoms with van der Waals surface area (Å²) >= 11 is 0. The second kappa shape index (κ2) is 5.61. The van der Waals surface area contributed by atoms with Gasteiger partial charge in [0.05, 0.1) is 12.1 Å². The van der Waals surface area contributed by atoms with E-state index in [-0.39, 0.29) is 17.6 Å². The van der Waals surface area contributed by atoms with Gasteiger partial charge in [0.2, 0.25) is 0 Å². The average Bonchev–Trinajstić information content (AvgIpc) is 2.23. The Morgan fingerprint density at radius 2 is 2.00 bits per heavy atom. The number of rotatable bonds is 4. The number of hydrogen-bond donors (Lipinski definition) is 1. The number of pyridine rings is 1. The second-order valence-electron chi connectivity index (χ2n) is 5.56. The molecule has 1 aromatic heterocycles. The van der Waals surface area contributed by atoms with Gasteiger partial charge in [-0.05, 0) is 30.4 Å². The summed E-state index contributed by atoms with van der Waals surface area (Å²) < 4.78 is 5.81. The van der Waals surface area contributed by atoms with Crippen LogP contribution in [0.25, 0.3) is 0 Å². The molecule has 0 aromatic carbocycles. The average molecular weight is 236 g/mol. The second-order valence-corrected chi connectivity index (χ2v) is 5.56. The van der Waals surface area contributed by atoms with E-state index in [1.165, 1.54) is 0 Å². The Morgan fingerprint density at radius 1 is 1.35 bits per heavy atom. The Hall–Kier alpha value is -0.930. The van der Waals surface area contributed by atoms with E-state index in [9.17, 15) is 0 Å². The highest BCUT2D eigenvalue weighted by molar-refractivity contribution is 5.21. The van der Waals surface area contributed by atoms with Crippen molar-refractivity contribution in [3.63, 3.8) is 0 Å². The molecule has 17 heavy (non-hydrogen) atoms. The summed E-state index contributed by atoms with van der Waals surface area (Å²) in [4.78, 5) is 4.19. The zero-order chi connectivity index (χ0) is 13.1. The fourth-order valence-electron chi connectivity index (χ4n) is 2.01. The van der Waals surface area contributed by atoms with E-state index in [2.05, 4.69) is 31.8 Å². The molecule has 2 unspecified atom stereocenters. The largest absolute Gasteiger partial charge is 0.376 e. The lowest BCUT2D eigenvalue weighted by Gasteiger charge is -2.35. The van der Waals surface area contributed by atoms with Gasteiger partial charge in [-0.15, -0.1) is 0 Å². The summed E-state index contributed by atoms with van der Waals surface area (Å²) in [5, 5.41) is 0. The summed E-state index contributed by atoms with van der Waals surface area (Å²) in [6.45, 7) is 11.1. The first-order valence-corrected chi connectivity index (χ1v) is 6.15. The Balaban J connectivity index is 2.95. The summed E-state index contributed by atoms with van der Waals surface area (Å²) in [6, 6.07) is 1.94. The molecule has 0 radical (unpaired) electrons. The molecule has 1 rings (SSSR count). The Morgan fingerprint density at radius 3 is 2.47 bits per heavy atom. The lowest BCUT2D eigenvalue weighted by atomic mass is 9.82. The highest BCUT2D eigenvalue weighted by Crippen LogP contribution is 2.31. The molecule has 2 atom stereocenters. The van der Waals surface area contributed by atoms with E-state index in [0.29, 0.717) is 6.61 Å². The van der Waals surface area contributed by atoms with Crippen LogP contribution in [-0.4, -0.2) is 17.7 Å². The molecule has 0 spiro atoms. The van der Waals surface area contributed by atoms with E-state index in [0.717, 1.165) is 11.1 Å². The fraction of sp³-hybridized carbons (Fsp3) is 0.643. The van der Waals surface area contributed by atoms with E-state index in [4.69, 9.17) is 10.5 Å². The minimum absolute atomic E-state index is 0.00361. The van der Waals surface area contributed by atoms with Crippen molar-refractivity contribution in [2.45, 2.75) is 46.8 Å². The minimum atomic E-state index is -0.137. The molecule has 1 heterocycles. The van der Waals surface area contributed by atoms with Gasteiger partial charge >= 0.3 is 0 Å². The normalized spacial score (nSPS) is 15.6. The summed E-state index contributed by atoms with van der Waals surface area (Å²) in [5.74, 6) is 0. The van der Waals surface area contributed by atoms with Crippen LogP contribution in [0.3, 0.4) is 0 Å². The van der Waals surface area contributed by atoms with E-state index < -0.39 is 0 Å².